The number of hydrogen-bond acceptors (Lipinski definition) is 3. The molecule has 2 N–H and O–H groups in total. The first kappa shape index (κ1) is 17.8. The van der Waals surface area contributed by atoms with E-state index in [1.807, 2.05) is 19.9 Å². The molecule has 1 amide bonds. The van der Waals surface area contributed by atoms with E-state index >= 15 is 0 Å². The van der Waals surface area contributed by atoms with Crippen molar-refractivity contribution in [1.29, 1.82) is 0 Å². The van der Waals surface area contributed by atoms with Gasteiger partial charge in [-0.3, -0.25) is 4.79 Å². The maximum atomic E-state index is 13.6. The number of hydrazine groups is 1. The molecule has 0 bridgehead atoms. The molecule has 136 valence electrons. The monoisotopic (exact) mass is 353 g/mol. The van der Waals surface area contributed by atoms with Gasteiger partial charge in [-0.15, -0.1) is 0 Å². The summed E-state index contributed by atoms with van der Waals surface area (Å²) in [6.45, 7) is 6.19. The molecule has 2 atom stereocenters. The van der Waals surface area contributed by atoms with Crippen molar-refractivity contribution in [3.05, 3.63) is 41.6 Å². The molecule has 0 saturated carbocycles. The van der Waals surface area contributed by atoms with Gasteiger partial charge in [-0.25, -0.2) is 5.43 Å². The molecule has 0 aromatic heterocycles. The molecular formula is C18H22F3N3O. The second kappa shape index (κ2) is 5.49. The van der Waals surface area contributed by atoms with Crippen LogP contribution in [0.4, 0.5) is 18.9 Å². The van der Waals surface area contributed by atoms with Crippen molar-refractivity contribution in [1.82, 2.24) is 10.4 Å². The normalized spacial score (nSPS) is 27.5. The third kappa shape index (κ3) is 2.70. The Labute approximate surface area is 145 Å². The minimum Gasteiger partial charge on any atom is -0.324 e. The maximum absolute atomic E-state index is 13.6. The molecule has 1 aromatic carbocycles. The van der Waals surface area contributed by atoms with Gasteiger partial charge in [0.1, 0.15) is 0 Å². The maximum Gasteiger partial charge on any atom is 0.421 e. The van der Waals surface area contributed by atoms with E-state index in [1.165, 1.54) is 13.2 Å². The van der Waals surface area contributed by atoms with Crippen LogP contribution in [-0.4, -0.2) is 29.7 Å². The molecule has 0 radical (unpaired) electrons. The van der Waals surface area contributed by atoms with Crippen LogP contribution in [0.2, 0.25) is 0 Å². The van der Waals surface area contributed by atoms with E-state index in [4.69, 9.17) is 0 Å². The fourth-order valence-electron chi connectivity index (χ4n) is 4.03. The van der Waals surface area contributed by atoms with Crippen molar-refractivity contribution in [2.75, 3.05) is 12.4 Å². The topological polar surface area (TPSA) is 44.4 Å². The Morgan fingerprint density at radius 1 is 1.36 bits per heavy atom. The predicted molar refractivity (Wildman–Crippen MR) is 90.0 cm³/mol. The van der Waals surface area contributed by atoms with Gasteiger partial charge in [0.15, 0.2) is 0 Å². The molecule has 25 heavy (non-hydrogen) atoms. The third-order valence-electron chi connectivity index (χ3n) is 5.08. The fraction of sp³-hybridized carbons (Fsp3) is 0.500. The van der Waals surface area contributed by atoms with Gasteiger partial charge in [0.2, 0.25) is 5.54 Å². The average molecular weight is 353 g/mol. The van der Waals surface area contributed by atoms with Crippen LogP contribution in [0.25, 0.3) is 0 Å². The van der Waals surface area contributed by atoms with E-state index in [2.05, 4.69) is 17.7 Å². The van der Waals surface area contributed by atoms with Crippen LogP contribution >= 0.6 is 0 Å². The molecule has 1 aromatic rings. The van der Waals surface area contributed by atoms with E-state index in [-0.39, 0.29) is 5.41 Å². The zero-order valence-electron chi connectivity index (χ0n) is 14.7. The molecule has 4 nitrogen and oxygen atoms in total. The van der Waals surface area contributed by atoms with Crippen molar-refractivity contribution in [2.24, 2.45) is 0 Å². The van der Waals surface area contributed by atoms with Gasteiger partial charge in [0.05, 0.1) is 0 Å². The first-order chi connectivity index (χ1) is 11.5. The number of anilines is 1. The highest BCUT2D eigenvalue weighted by atomic mass is 19.4. The molecule has 0 fully saturated rings. The van der Waals surface area contributed by atoms with E-state index in [1.54, 1.807) is 12.1 Å². The lowest BCUT2D eigenvalue weighted by atomic mass is 9.85. The molecule has 0 spiro atoms. The molecule has 7 heteroatoms. The number of rotatable bonds is 2. The summed E-state index contributed by atoms with van der Waals surface area (Å²) in [6, 6.07) is 5.42. The number of nitrogens with one attached hydrogen (secondary N) is 2. The van der Waals surface area contributed by atoms with Crippen LogP contribution in [0.5, 0.6) is 0 Å². The highest BCUT2D eigenvalue weighted by Gasteiger charge is 2.61. The summed E-state index contributed by atoms with van der Waals surface area (Å²) in [5, 5.41) is 3.66. The number of benzene rings is 1. The number of carbonyl (C=O) groups is 1. The van der Waals surface area contributed by atoms with Crippen molar-refractivity contribution in [3.8, 4) is 0 Å². The van der Waals surface area contributed by atoms with Crippen LogP contribution in [0.1, 0.15) is 44.2 Å². The predicted octanol–water partition coefficient (Wildman–Crippen LogP) is 3.67. The Kier molecular flexibility index (Phi) is 3.91. The number of hydrogen-bond donors (Lipinski definition) is 2. The smallest absolute Gasteiger partial charge is 0.324 e. The summed E-state index contributed by atoms with van der Waals surface area (Å²) < 4.78 is 40.9. The van der Waals surface area contributed by atoms with Crippen LogP contribution in [0, 0.1) is 0 Å². The van der Waals surface area contributed by atoms with Gasteiger partial charge >= 0.3 is 6.18 Å². The highest BCUT2D eigenvalue weighted by molar-refractivity contribution is 6.01. The summed E-state index contributed by atoms with van der Waals surface area (Å²) in [7, 11) is 1.42. The second-order valence-corrected chi connectivity index (χ2v) is 7.56. The zero-order valence-corrected chi connectivity index (χ0v) is 14.7. The lowest BCUT2D eigenvalue weighted by Crippen LogP contribution is -2.63. The number of alkyl halides is 3. The third-order valence-corrected chi connectivity index (χ3v) is 5.08. The van der Waals surface area contributed by atoms with Gasteiger partial charge in [-0.1, -0.05) is 32.9 Å². The molecular weight excluding hydrogens is 331 g/mol. The first-order valence-electron chi connectivity index (χ1n) is 8.19. The minimum atomic E-state index is -4.76. The zero-order chi connectivity index (χ0) is 18.6. The average Bonchev–Trinajstić information content (AvgIpc) is 2.99. The Hall–Kier alpha value is -2.02. The second-order valence-electron chi connectivity index (χ2n) is 7.56. The molecule has 1 aliphatic carbocycles. The van der Waals surface area contributed by atoms with Crippen molar-refractivity contribution >= 4 is 11.6 Å². The summed E-state index contributed by atoms with van der Waals surface area (Å²) >= 11 is 0. The number of fused-ring (bicyclic) bond motifs is 1. The Morgan fingerprint density at radius 3 is 2.60 bits per heavy atom. The van der Waals surface area contributed by atoms with Crippen LogP contribution in [-0.2, 0) is 10.2 Å². The van der Waals surface area contributed by atoms with Gasteiger partial charge in [-0.2, -0.15) is 13.2 Å². The van der Waals surface area contributed by atoms with Crippen molar-refractivity contribution < 1.29 is 18.0 Å². The highest BCUT2D eigenvalue weighted by Crippen LogP contribution is 2.49. The van der Waals surface area contributed by atoms with Crippen molar-refractivity contribution in [2.45, 2.75) is 50.2 Å². The SMILES string of the molecule is CC1CC(C)(C)c2c(NC(=O)C3(C(F)(F)F)C=CN(C)N3)cccc21. The Morgan fingerprint density at radius 2 is 2.04 bits per heavy atom. The van der Waals surface area contributed by atoms with E-state index in [0.717, 1.165) is 28.6 Å². The summed E-state index contributed by atoms with van der Waals surface area (Å²) in [4.78, 5) is 12.6. The van der Waals surface area contributed by atoms with E-state index < -0.39 is 17.6 Å². The largest absolute Gasteiger partial charge is 0.421 e. The number of nitrogens with zero attached hydrogens (tertiary/aromatic N) is 1. The lowest BCUT2D eigenvalue weighted by molar-refractivity contribution is -0.189. The molecule has 1 aliphatic heterocycles. The summed E-state index contributed by atoms with van der Waals surface area (Å²) in [5.41, 5.74) is 1.68. The number of halogens is 3. The van der Waals surface area contributed by atoms with Crippen LogP contribution in [0.3, 0.4) is 0 Å². The van der Waals surface area contributed by atoms with E-state index in [0.29, 0.717) is 11.6 Å². The van der Waals surface area contributed by atoms with Crippen LogP contribution < -0.4 is 10.7 Å². The first-order valence-corrected chi connectivity index (χ1v) is 8.19. The quantitative estimate of drug-likeness (QED) is 0.853. The molecule has 2 aliphatic rings. The van der Waals surface area contributed by atoms with Gasteiger partial charge in [0, 0.05) is 18.9 Å². The van der Waals surface area contributed by atoms with Gasteiger partial charge < -0.3 is 10.3 Å². The minimum absolute atomic E-state index is 0.209. The van der Waals surface area contributed by atoms with Crippen LogP contribution in [0.15, 0.2) is 30.5 Å². The van der Waals surface area contributed by atoms with E-state index in [9.17, 15) is 18.0 Å². The summed E-state index contributed by atoms with van der Waals surface area (Å²) in [5.74, 6) is -0.835. The van der Waals surface area contributed by atoms with Gasteiger partial charge in [-0.05, 0) is 41.0 Å². The van der Waals surface area contributed by atoms with Gasteiger partial charge in [0.25, 0.3) is 5.91 Å². The summed E-state index contributed by atoms with van der Waals surface area (Å²) in [6.07, 6.45) is -1.83. The number of amides is 1. The lowest BCUT2D eigenvalue weighted by Gasteiger charge is -2.31. The Bertz CT molecular complexity index is 742. The Balaban J connectivity index is 1.99. The fourth-order valence-corrected chi connectivity index (χ4v) is 4.03. The molecule has 3 rings (SSSR count). The molecule has 0 saturated heterocycles. The molecule has 1 heterocycles. The number of carbonyl (C=O) groups excluding carboxylic acids is 1. The molecule has 2 unspecified atom stereocenters. The standard InChI is InChI=1S/C18H22F3N3O/c1-11-10-16(2,3)14-12(11)6-5-7-13(14)22-15(25)17(18(19,20)21)8-9-24(4)23-17/h5-9,11,23H,10H2,1-4H3,(H,22,25). The van der Waals surface area contributed by atoms with Crippen molar-refractivity contribution in [3.63, 3.8) is 0 Å².